The minimum atomic E-state index is -2.06. The lowest BCUT2D eigenvalue weighted by Crippen LogP contribution is -2.63. The van der Waals surface area contributed by atoms with Gasteiger partial charge in [-0.3, -0.25) is 4.79 Å². The van der Waals surface area contributed by atoms with Crippen LogP contribution in [0.3, 0.4) is 0 Å². The van der Waals surface area contributed by atoms with Crippen LogP contribution in [0.5, 0.6) is 0 Å². The van der Waals surface area contributed by atoms with Gasteiger partial charge in [0.25, 0.3) is 5.91 Å². The van der Waals surface area contributed by atoms with E-state index in [0.717, 1.165) is 19.3 Å². The quantitative estimate of drug-likeness (QED) is 0.772. The summed E-state index contributed by atoms with van der Waals surface area (Å²) in [6, 6.07) is 0. The van der Waals surface area contributed by atoms with Gasteiger partial charge in [0.05, 0.1) is 18.3 Å². The Morgan fingerprint density at radius 2 is 1.92 bits per heavy atom. The maximum atomic E-state index is 13.1. The van der Waals surface area contributed by atoms with E-state index in [1.54, 1.807) is 7.05 Å². The maximum Gasteiger partial charge on any atom is 0.255 e. The van der Waals surface area contributed by atoms with Crippen LogP contribution in [0.2, 0.25) is 0 Å². The van der Waals surface area contributed by atoms with Gasteiger partial charge in [-0.1, -0.05) is 0 Å². The fourth-order valence-corrected chi connectivity index (χ4v) is 5.99. The number of carbonyl (C=O) groups is 1. The number of carbonyl (C=O) groups excluding carboxylic acids is 1. The van der Waals surface area contributed by atoms with E-state index in [1.165, 1.54) is 0 Å². The SMILES string of the molecule is CN=S1(=O)CCC2(CC1)CN(C(=O)C1(OC(C)C)CCC1)CCO2. The first-order valence-electron chi connectivity index (χ1n) is 9.04. The summed E-state index contributed by atoms with van der Waals surface area (Å²) in [5.74, 6) is 1.26. The van der Waals surface area contributed by atoms with Crippen LogP contribution in [0.15, 0.2) is 4.36 Å². The molecule has 0 aromatic rings. The van der Waals surface area contributed by atoms with Crippen molar-refractivity contribution in [3.63, 3.8) is 0 Å². The highest BCUT2D eigenvalue weighted by atomic mass is 32.2. The van der Waals surface area contributed by atoms with Crippen LogP contribution in [0.25, 0.3) is 0 Å². The Balaban J connectivity index is 1.70. The summed E-state index contributed by atoms with van der Waals surface area (Å²) in [4.78, 5) is 15.0. The number of ether oxygens (including phenoxy) is 2. The van der Waals surface area contributed by atoms with E-state index in [0.29, 0.717) is 44.0 Å². The Morgan fingerprint density at radius 1 is 1.25 bits per heavy atom. The molecule has 1 aliphatic carbocycles. The van der Waals surface area contributed by atoms with Gasteiger partial charge in [-0.15, -0.1) is 0 Å². The van der Waals surface area contributed by atoms with Gasteiger partial charge in [0.15, 0.2) is 0 Å². The second-order valence-electron chi connectivity index (χ2n) is 7.64. The van der Waals surface area contributed by atoms with Crippen molar-refractivity contribution in [2.75, 3.05) is 38.2 Å². The van der Waals surface area contributed by atoms with Crippen molar-refractivity contribution in [1.82, 2.24) is 4.90 Å². The van der Waals surface area contributed by atoms with Gasteiger partial charge < -0.3 is 14.4 Å². The number of nitrogens with zero attached hydrogens (tertiary/aromatic N) is 2. The normalized spacial score (nSPS) is 35.8. The predicted molar refractivity (Wildman–Crippen MR) is 93.5 cm³/mol. The molecule has 1 spiro atoms. The molecule has 2 saturated heterocycles. The van der Waals surface area contributed by atoms with Gasteiger partial charge >= 0.3 is 0 Å². The maximum absolute atomic E-state index is 13.1. The van der Waals surface area contributed by atoms with Crippen molar-refractivity contribution >= 4 is 15.6 Å². The fourth-order valence-electron chi connectivity index (χ4n) is 4.04. The Bertz CT molecular complexity index is 592. The number of morpholine rings is 1. The highest BCUT2D eigenvalue weighted by Gasteiger charge is 2.51. The lowest BCUT2D eigenvalue weighted by Gasteiger charge is -2.49. The van der Waals surface area contributed by atoms with Crippen LogP contribution >= 0.6 is 0 Å². The molecule has 1 saturated carbocycles. The average Bonchev–Trinajstić information content (AvgIpc) is 2.54. The molecule has 7 heteroatoms. The smallest absolute Gasteiger partial charge is 0.255 e. The molecule has 0 radical (unpaired) electrons. The van der Waals surface area contributed by atoms with Crippen molar-refractivity contribution in [3.05, 3.63) is 0 Å². The molecule has 3 aliphatic rings. The lowest BCUT2D eigenvalue weighted by atomic mass is 9.78. The van der Waals surface area contributed by atoms with Crippen LogP contribution < -0.4 is 0 Å². The van der Waals surface area contributed by atoms with Gasteiger partial charge in [-0.2, -0.15) is 0 Å². The molecule has 2 aliphatic heterocycles. The average molecular weight is 359 g/mol. The highest BCUT2D eigenvalue weighted by Crippen LogP contribution is 2.40. The van der Waals surface area contributed by atoms with E-state index >= 15 is 0 Å². The number of amides is 1. The van der Waals surface area contributed by atoms with Crippen LogP contribution in [0.1, 0.15) is 46.0 Å². The van der Waals surface area contributed by atoms with Crippen molar-refractivity contribution in [1.29, 1.82) is 0 Å². The summed E-state index contributed by atoms with van der Waals surface area (Å²) in [6.45, 7) is 5.74. The van der Waals surface area contributed by atoms with E-state index in [1.807, 2.05) is 18.7 Å². The van der Waals surface area contributed by atoms with Crippen molar-refractivity contribution in [3.8, 4) is 0 Å². The van der Waals surface area contributed by atoms with Crippen LogP contribution in [-0.4, -0.2) is 70.6 Å². The number of hydrogen-bond donors (Lipinski definition) is 0. The Morgan fingerprint density at radius 3 is 2.42 bits per heavy atom. The molecular formula is C17H30N2O4S. The molecule has 0 aromatic carbocycles. The third-order valence-corrected chi connectivity index (χ3v) is 7.98. The molecule has 24 heavy (non-hydrogen) atoms. The molecule has 0 N–H and O–H groups in total. The van der Waals surface area contributed by atoms with E-state index in [4.69, 9.17) is 9.47 Å². The van der Waals surface area contributed by atoms with Gasteiger partial charge in [-0.05, 0) is 46.0 Å². The van der Waals surface area contributed by atoms with Gasteiger partial charge in [-0.25, -0.2) is 8.57 Å². The first kappa shape index (κ1) is 18.1. The summed E-state index contributed by atoms with van der Waals surface area (Å²) in [5, 5.41) is 0. The van der Waals surface area contributed by atoms with Crippen LogP contribution in [-0.2, 0) is 24.0 Å². The van der Waals surface area contributed by atoms with E-state index in [2.05, 4.69) is 4.36 Å². The van der Waals surface area contributed by atoms with E-state index in [-0.39, 0.29) is 17.6 Å². The second-order valence-corrected chi connectivity index (χ2v) is 10.4. The third-order valence-electron chi connectivity index (χ3n) is 5.63. The van der Waals surface area contributed by atoms with Crippen LogP contribution in [0.4, 0.5) is 0 Å². The Kier molecular flexibility index (Phi) is 4.97. The molecule has 138 valence electrons. The molecule has 1 amide bonds. The van der Waals surface area contributed by atoms with Gasteiger partial charge in [0.2, 0.25) is 0 Å². The summed E-state index contributed by atoms with van der Waals surface area (Å²) in [5.41, 5.74) is -0.962. The van der Waals surface area contributed by atoms with Crippen molar-refractivity contribution < 1.29 is 18.5 Å². The Labute approximate surface area is 145 Å². The minimum absolute atomic E-state index is 0.0507. The summed E-state index contributed by atoms with van der Waals surface area (Å²) < 4.78 is 28.6. The fraction of sp³-hybridized carbons (Fsp3) is 0.941. The van der Waals surface area contributed by atoms with Gasteiger partial charge in [0.1, 0.15) is 5.60 Å². The van der Waals surface area contributed by atoms with Crippen molar-refractivity contribution in [2.24, 2.45) is 4.36 Å². The zero-order valence-electron chi connectivity index (χ0n) is 15.1. The molecule has 3 fully saturated rings. The molecule has 0 atom stereocenters. The molecule has 0 aromatic heterocycles. The molecule has 2 heterocycles. The first-order valence-corrected chi connectivity index (χ1v) is 10.9. The Hall–Kier alpha value is -0.660. The van der Waals surface area contributed by atoms with E-state index in [9.17, 15) is 9.00 Å². The monoisotopic (exact) mass is 358 g/mol. The van der Waals surface area contributed by atoms with Gasteiger partial charge in [0, 0.05) is 41.4 Å². The van der Waals surface area contributed by atoms with Crippen molar-refractivity contribution in [2.45, 2.75) is 63.3 Å². The summed E-state index contributed by atoms with van der Waals surface area (Å²) >= 11 is 0. The highest BCUT2D eigenvalue weighted by molar-refractivity contribution is 7.93. The molecule has 6 nitrogen and oxygen atoms in total. The lowest BCUT2D eigenvalue weighted by molar-refractivity contribution is -0.191. The zero-order chi connectivity index (χ0) is 17.4. The topological polar surface area (TPSA) is 68.2 Å². The molecule has 3 rings (SSSR count). The number of hydrogen-bond acceptors (Lipinski definition) is 5. The standard InChI is InChI=1S/C17H30N2O4S/c1-14(2)23-17(5-4-6-17)15(20)19-9-10-22-16(13-19)7-11-24(21,18-3)12-8-16/h14H,4-13H2,1-3H3. The molecular weight excluding hydrogens is 328 g/mol. The largest absolute Gasteiger partial charge is 0.371 e. The third kappa shape index (κ3) is 3.35. The zero-order valence-corrected chi connectivity index (χ0v) is 15.9. The first-order chi connectivity index (χ1) is 11.3. The minimum Gasteiger partial charge on any atom is -0.371 e. The molecule has 0 unspecified atom stereocenters. The molecule has 0 bridgehead atoms. The predicted octanol–water partition coefficient (Wildman–Crippen LogP) is 1.82. The summed E-state index contributed by atoms with van der Waals surface area (Å²) in [7, 11) is -0.422. The van der Waals surface area contributed by atoms with Crippen LogP contribution in [0, 0.1) is 0 Å². The van der Waals surface area contributed by atoms with E-state index < -0.39 is 15.3 Å². The second kappa shape index (κ2) is 6.57. The summed E-state index contributed by atoms with van der Waals surface area (Å²) in [6.07, 6.45) is 4.16. The number of rotatable bonds is 3.